The molecule has 5 rings (SSSR count). The molecule has 2 saturated carbocycles. The van der Waals surface area contributed by atoms with E-state index in [2.05, 4.69) is 13.8 Å². The number of esters is 1. The van der Waals surface area contributed by atoms with E-state index in [-0.39, 0.29) is 45.8 Å². The first-order valence-corrected chi connectivity index (χ1v) is 12.3. The number of aliphatic hydroxyl groups excluding tert-OH is 2. The molecule has 4 aliphatic carbocycles. The van der Waals surface area contributed by atoms with Gasteiger partial charge < -0.3 is 25.2 Å². The molecule has 188 valence electrons. The van der Waals surface area contributed by atoms with E-state index in [1.165, 1.54) is 6.07 Å². The molecule has 2 bridgehead atoms. The molecule has 2 fully saturated rings. The fourth-order valence-electron chi connectivity index (χ4n) is 7.68. The number of carbonyl (C=O) groups excluding carboxylic acids is 2. The molecule has 1 aromatic rings. The van der Waals surface area contributed by atoms with Crippen molar-refractivity contribution in [3.05, 3.63) is 52.6 Å². The molecule has 8 atom stereocenters. The smallest absolute Gasteiger partial charge is 0.342 e. The normalized spacial score (nSPS) is 41.1. The summed E-state index contributed by atoms with van der Waals surface area (Å²) in [5.74, 6) is -1.91. The molecule has 0 radical (unpaired) electrons. The van der Waals surface area contributed by atoms with Crippen LogP contribution in [0.3, 0.4) is 0 Å². The molecular formula is C28H34O7. The highest BCUT2D eigenvalue weighted by Crippen LogP contribution is 2.71. The highest BCUT2D eigenvalue weighted by molar-refractivity contribution is 5.97. The van der Waals surface area contributed by atoms with E-state index < -0.39 is 41.7 Å². The number of phenols is 1. The first kappa shape index (κ1) is 24.2. The van der Waals surface area contributed by atoms with Gasteiger partial charge in [-0.25, -0.2) is 4.79 Å². The molecular weight excluding hydrogens is 448 g/mol. The Morgan fingerprint density at radius 2 is 1.91 bits per heavy atom. The van der Waals surface area contributed by atoms with E-state index in [9.17, 15) is 30.0 Å². The number of ketones is 1. The number of ether oxygens (including phenoxy) is 1. The lowest BCUT2D eigenvalue weighted by molar-refractivity contribution is -0.190. The monoisotopic (exact) mass is 482 g/mol. The second kappa shape index (κ2) is 7.51. The zero-order valence-corrected chi connectivity index (χ0v) is 20.8. The average molecular weight is 483 g/mol. The Morgan fingerprint density at radius 3 is 2.54 bits per heavy atom. The summed E-state index contributed by atoms with van der Waals surface area (Å²) >= 11 is 0. The molecule has 1 spiro atoms. The number of rotatable bonds is 3. The SMILES string of the molecule is CC1=C[C@]23C(=O)[C@@H](C=C(CO)[C@@H](O)[C@]2(O)[C@H]1OC(=O)c1c(C)cccc1O)[C@@H]1[C@@H](C[C@H]3C)C1(C)C. The van der Waals surface area contributed by atoms with Crippen LogP contribution < -0.4 is 0 Å². The van der Waals surface area contributed by atoms with Gasteiger partial charge in [0.25, 0.3) is 0 Å². The van der Waals surface area contributed by atoms with Crippen molar-refractivity contribution < 1.29 is 34.8 Å². The van der Waals surface area contributed by atoms with Gasteiger partial charge in [0.15, 0.2) is 17.5 Å². The van der Waals surface area contributed by atoms with Crippen LogP contribution in [0.4, 0.5) is 0 Å². The molecule has 1 aromatic carbocycles. The van der Waals surface area contributed by atoms with Gasteiger partial charge in [-0.15, -0.1) is 0 Å². The fourth-order valence-corrected chi connectivity index (χ4v) is 7.68. The van der Waals surface area contributed by atoms with Gasteiger partial charge in [0.2, 0.25) is 0 Å². The van der Waals surface area contributed by atoms with Gasteiger partial charge in [0.1, 0.15) is 17.4 Å². The van der Waals surface area contributed by atoms with Crippen molar-refractivity contribution in [1.29, 1.82) is 0 Å². The van der Waals surface area contributed by atoms with E-state index >= 15 is 0 Å². The molecule has 7 heteroatoms. The maximum atomic E-state index is 14.3. The third-order valence-electron chi connectivity index (χ3n) is 9.58. The van der Waals surface area contributed by atoms with Crippen LogP contribution in [0.5, 0.6) is 5.75 Å². The van der Waals surface area contributed by atoms with Crippen molar-refractivity contribution >= 4 is 11.8 Å². The van der Waals surface area contributed by atoms with Crippen LogP contribution in [-0.4, -0.2) is 56.6 Å². The number of phenolic OH excluding ortho intramolecular Hbond substituents is 1. The minimum Gasteiger partial charge on any atom is -0.507 e. The van der Waals surface area contributed by atoms with Crippen LogP contribution in [0, 0.1) is 41.4 Å². The third kappa shape index (κ3) is 2.89. The second-order valence-electron chi connectivity index (χ2n) is 11.6. The number of allylic oxidation sites excluding steroid dienone is 1. The van der Waals surface area contributed by atoms with Crippen molar-refractivity contribution in [2.45, 2.75) is 58.8 Å². The zero-order chi connectivity index (χ0) is 25.7. The van der Waals surface area contributed by atoms with Crippen molar-refractivity contribution in [2.75, 3.05) is 6.61 Å². The maximum absolute atomic E-state index is 14.3. The minimum atomic E-state index is -2.20. The number of aromatic hydroxyl groups is 1. The predicted molar refractivity (Wildman–Crippen MR) is 127 cm³/mol. The summed E-state index contributed by atoms with van der Waals surface area (Å²) in [7, 11) is 0. The number of aliphatic hydroxyl groups is 3. The number of Topliss-reactive ketones (excluding diaryl/α,β-unsaturated/α-hetero) is 1. The first-order chi connectivity index (χ1) is 16.3. The van der Waals surface area contributed by atoms with Gasteiger partial charge in [0, 0.05) is 5.92 Å². The molecule has 7 nitrogen and oxygen atoms in total. The van der Waals surface area contributed by atoms with Gasteiger partial charge >= 0.3 is 5.97 Å². The Bertz CT molecular complexity index is 1160. The van der Waals surface area contributed by atoms with Crippen LogP contribution in [0.15, 0.2) is 41.5 Å². The molecule has 35 heavy (non-hydrogen) atoms. The van der Waals surface area contributed by atoms with Crippen LogP contribution in [-0.2, 0) is 9.53 Å². The lowest BCUT2D eigenvalue weighted by Gasteiger charge is -2.48. The molecule has 0 unspecified atom stereocenters. The van der Waals surface area contributed by atoms with Crippen molar-refractivity contribution in [2.24, 2.45) is 34.5 Å². The van der Waals surface area contributed by atoms with E-state index in [1.807, 2.05) is 6.92 Å². The molecule has 4 N–H and O–H groups in total. The maximum Gasteiger partial charge on any atom is 0.342 e. The van der Waals surface area contributed by atoms with Crippen LogP contribution >= 0.6 is 0 Å². The molecule has 0 aliphatic heterocycles. The van der Waals surface area contributed by atoms with Crippen LogP contribution in [0.2, 0.25) is 0 Å². The zero-order valence-electron chi connectivity index (χ0n) is 20.8. The summed E-state index contributed by atoms with van der Waals surface area (Å²) in [5, 5.41) is 44.4. The Hall–Kier alpha value is -2.48. The van der Waals surface area contributed by atoms with Gasteiger partial charge in [-0.3, -0.25) is 4.79 Å². The minimum absolute atomic E-state index is 0.0352. The predicted octanol–water partition coefficient (Wildman–Crippen LogP) is 2.69. The molecule has 0 saturated heterocycles. The molecule has 4 aliphatic rings. The lowest BCUT2D eigenvalue weighted by atomic mass is 9.59. The van der Waals surface area contributed by atoms with Gasteiger partial charge in [-0.05, 0) is 66.2 Å². The first-order valence-electron chi connectivity index (χ1n) is 12.3. The lowest BCUT2D eigenvalue weighted by Crippen LogP contribution is -2.65. The Labute approximate surface area is 205 Å². The summed E-state index contributed by atoms with van der Waals surface area (Å²) in [6.07, 6.45) is 1.05. The van der Waals surface area contributed by atoms with Gasteiger partial charge in [-0.1, -0.05) is 45.1 Å². The molecule has 0 heterocycles. The van der Waals surface area contributed by atoms with Crippen molar-refractivity contribution in [3.63, 3.8) is 0 Å². The van der Waals surface area contributed by atoms with Gasteiger partial charge in [0.05, 0.1) is 12.0 Å². The second-order valence-corrected chi connectivity index (χ2v) is 11.6. The molecule has 0 amide bonds. The largest absolute Gasteiger partial charge is 0.507 e. The summed E-state index contributed by atoms with van der Waals surface area (Å²) in [4.78, 5) is 27.6. The summed E-state index contributed by atoms with van der Waals surface area (Å²) in [5.41, 5.74) is -2.68. The highest BCUT2D eigenvalue weighted by Gasteiger charge is 2.76. The quantitative estimate of drug-likeness (QED) is 0.386. The number of hydrogen-bond donors (Lipinski definition) is 4. The number of hydrogen-bond acceptors (Lipinski definition) is 7. The number of benzene rings is 1. The van der Waals surface area contributed by atoms with E-state index in [0.29, 0.717) is 17.6 Å². The fraction of sp³-hybridized carbons (Fsp3) is 0.571. The van der Waals surface area contributed by atoms with E-state index in [4.69, 9.17) is 4.74 Å². The van der Waals surface area contributed by atoms with Crippen LogP contribution in [0.25, 0.3) is 0 Å². The summed E-state index contributed by atoms with van der Waals surface area (Å²) in [6.45, 7) is 8.98. The Kier molecular flexibility index (Phi) is 5.20. The topological polar surface area (TPSA) is 124 Å². The Morgan fingerprint density at radius 1 is 1.23 bits per heavy atom. The third-order valence-corrected chi connectivity index (χ3v) is 9.58. The summed E-state index contributed by atoms with van der Waals surface area (Å²) < 4.78 is 5.83. The molecule has 0 aromatic heterocycles. The Balaban J connectivity index is 1.65. The van der Waals surface area contributed by atoms with E-state index in [1.54, 1.807) is 38.1 Å². The van der Waals surface area contributed by atoms with Crippen molar-refractivity contribution in [1.82, 2.24) is 0 Å². The summed E-state index contributed by atoms with van der Waals surface area (Å²) in [6, 6.07) is 4.64. The number of carbonyl (C=O) groups is 2. The van der Waals surface area contributed by atoms with Crippen LogP contribution in [0.1, 0.15) is 50.0 Å². The standard InChI is InChI=1S/C28H34O7/c1-13-7-6-8-19(30)20(13)25(33)35-24-14(2)11-27-15(3)9-18-21(26(18,4)5)17(23(27)32)10-16(12-29)22(31)28(24,27)34/h6-8,10-11,15,17-18,21-22,24,29-31,34H,9,12H2,1-5H3/t15-,17+,18-,21-,22-,24+,27+,28+/m1/s1. The number of fused-ring (bicyclic) bond motifs is 3. The number of aryl methyl sites for hydroxylation is 1. The van der Waals surface area contributed by atoms with E-state index in [0.717, 1.165) is 0 Å². The average Bonchev–Trinajstić information content (AvgIpc) is 3.27. The highest BCUT2D eigenvalue weighted by atomic mass is 16.6. The van der Waals surface area contributed by atoms with Gasteiger partial charge in [-0.2, -0.15) is 0 Å². The van der Waals surface area contributed by atoms with Crippen molar-refractivity contribution in [3.8, 4) is 5.75 Å².